The van der Waals surface area contributed by atoms with Crippen LogP contribution in [0.2, 0.25) is 0 Å². The van der Waals surface area contributed by atoms with Crippen molar-refractivity contribution in [3.8, 4) is 0 Å². The molecular formula is C15H15N3OS. The zero-order valence-corrected chi connectivity index (χ0v) is 12.0. The fourth-order valence-corrected chi connectivity index (χ4v) is 2.91. The van der Waals surface area contributed by atoms with Crippen LogP contribution in [-0.4, -0.2) is 15.5 Å². The maximum Gasteiger partial charge on any atom is 0.261 e. The highest BCUT2D eigenvalue weighted by molar-refractivity contribution is 7.12. The summed E-state index contributed by atoms with van der Waals surface area (Å²) in [6.07, 6.45) is 0. The number of carbonyl (C=O) groups is 1. The Bertz CT molecular complexity index is 731. The first-order valence-electron chi connectivity index (χ1n) is 6.55. The van der Waals surface area contributed by atoms with Crippen molar-refractivity contribution in [2.75, 3.05) is 0 Å². The third-order valence-electron chi connectivity index (χ3n) is 3.20. The van der Waals surface area contributed by atoms with Crippen molar-refractivity contribution in [2.24, 2.45) is 0 Å². The number of imidazole rings is 1. The molecule has 0 saturated carbocycles. The summed E-state index contributed by atoms with van der Waals surface area (Å²) in [5.41, 5.74) is 2.07. The van der Waals surface area contributed by atoms with E-state index in [1.165, 1.54) is 11.3 Å². The summed E-state index contributed by atoms with van der Waals surface area (Å²) < 4.78 is 2.13. The van der Waals surface area contributed by atoms with Gasteiger partial charge in [-0.3, -0.25) is 4.79 Å². The summed E-state index contributed by atoms with van der Waals surface area (Å²) in [6, 6.07) is 11.7. The third kappa shape index (κ3) is 2.32. The Labute approximate surface area is 121 Å². The highest BCUT2D eigenvalue weighted by Gasteiger charge is 2.11. The van der Waals surface area contributed by atoms with Crippen LogP contribution in [-0.2, 0) is 13.1 Å². The van der Waals surface area contributed by atoms with Gasteiger partial charge in [0.15, 0.2) is 0 Å². The Morgan fingerprint density at radius 2 is 2.15 bits per heavy atom. The van der Waals surface area contributed by atoms with Crippen molar-refractivity contribution < 1.29 is 4.79 Å². The number of benzene rings is 1. The minimum atomic E-state index is -0.0466. The molecular weight excluding hydrogens is 270 g/mol. The van der Waals surface area contributed by atoms with Gasteiger partial charge in [0.2, 0.25) is 0 Å². The lowest BCUT2D eigenvalue weighted by atomic mass is 10.3. The number of thiophene rings is 1. The molecule has 1 aromatic carbocycles. The van der Waals surface area contributed by atoms with E-state index in [1.807, 2.05) is 35.7 Å². The number of hydrogen-bond acceptors (Lipinski definition) is 3. The molecule has 0 radical (unpaired) electrons. The van der Waals surface area contributed by atoms with Crippen LogP contribution < -0.4 is 5.32 Å². The number of hydrogen-bond donors (Lipinski definition) is 1. The maximum atomic E-state index is 12.0. The molecule has 0 unspecified atom stereocenters. The van der Waals surface area contributed by atoms with Crippen molar-refractivity contribution in [1.82, 2.24) is 14.9 Å². The van der Waals surface area contributed by atoms with E-state index in [0.29, 0.717) is 6.54 Å². The first kappa shape index (κ1) is 12.9. The van der Waals surface area contributed by atoms with Crippen LogP contribution in [0.15, 0.2) is 41.8 Å². The minimum Gasteiger partial charge on any atom is -0.344 e. The second-order valence-electron chi connectivity index (χ2n) is 4.42. The fourth-order valence-electron chi connectivity index (χ4n) is 2.27. The molecule has 0 aliphatic carbocycles. The number of rotatable bonds is 4. The summed E-state index contributed by atoms with van der Waals surface area (Å²) in [6.45, 7) is 3.36. The monoisotopic (exact) mass is 285 g/mol. The van der Waals surface area contributed by atoms with E-state index in [0.717, 1.165) is 28.3 Å². The molecule has 0 saturated heterocycles. The van der Waals surface area contributed by atoms with Gasteiger partial charge in [-0.1, -0.05) is 18.2 Å². The normalized spacial score (nSPS) is 10.8. The Hall–Kier alpha value is -2.14. The molecule has 1 amide bonds. The lowest BCUT2D eigenvalue weighted by Crippen LogP contribution is -2.23. The lowest BCUT2D eigenvalue weighted by Gasteiger charge is -2.07. The van der Waals surface area contributed by atoms with E-state index in [9.17, 15) is 4.79 Å². The van der Waals surface area contributed by atoms with Crippen molar-refractivity contribution in [3.05, 3.63) is 52.5 Å². The van der Waals surface area contributed by atoms with E-state index < -0.39 is 0 Å². The fraction of sp³-hybridized carbons (Fsp3) is 0.200. The molecule has 0 aliphatic heterocycles. The highest BCUT2D eigenvalue weighted by Crippen LogP contribution is 2.16. The predicted molar refractivity (Wildman–Crippen MR) is 80.9 cm³/mol. The second kappa shape index (κ2) is 5.46. The number of amides is 1. The number of carbonyl (C=O) groups excluding carboxylic acids is 1. The number of nitrogens with zero attached hydrogens (tertiary/aromatic N) is 2. The van der Waals surface area contributed by atoms with Crippen molar-refractivity contribution in [3.63, 3.8) is 0 Å². The molecule has 0 fully saturated rings. The van der Waals surface area contributed by atoms with Crippen LogP contribution in [0.5, 0.6) is 0 Å². The first-order valence-corrected chi connectivity index (χ1v) is 7.43. The molecule has 20 heavy (non-hydrogen) atoms. The number of aryl methyl sites for hydroxylation is 1. The summed E-state index contributed by atoms with van der Waals surface area (Å²) in [7, 11) is 0. The quantitative estimate of drug-likeness (QED) is 0.801. The molecule has 2 aromatic heterocycles. The topological polar surface area (TPSA) is 46.9 Å². The number of fused-ring (bicyclic) bond motifs is 1. The molecule has 0 bridgehead atoms. The summed E-state index contributed by atoms with van der Waals surface area (Å²) in [4.78, 5) is 17.3. The molecule has 0 spiro atoms. The van der Waals surface area contributed by atoms with Crippen LogP contribution in [0.3, 0.4) is 0 Å². The first-order chi connectivity index (χ1) is 9.79. The Morgan fingerprint density at radius 3 is 2.90 bits per heavy atom. The van der Waals surface area contributed by atoms with Gasteiger partial charge in [-0.25, -0.2) is 4.98 Å². The molecule has 3 aromatic rings. The SMILES string of the molecule is CCn1c(CNC(=O)c2cccs2)nc2ccccc21. The van der Waals surface area contributed by atoms with Crippen LogP contribution in [0.1, 0.15) is 22.4 Å². The largest absolute Gasteiger partial charge is 0.344 e. The van der Waals surface area contributed by atoms with Gasteiger partial charge >= 0.3 is 0 Å². The molecule has 0 atom stereocenters. The van der Waals surface area contributed by atoms with Crippen molar-refractivity contribution >= 4 is 28.3 Å². The van der Waals surface area contributed by atoms with Gasteiger partial charge in [0, 0.05) is 6.54 Å². The summed E-state index contributed by atoms with van der Waals surface area (Å²) >= 11 is 1.44. The molecule has 4 nitrogen and oxygen atoms in total. The van der Waals surface area contributed by atoms with Gasteiger partial charge in [-0.15, -0.1) is 11.3 Å². The Balaban J connectivity index is 1.82. The molecule has 5 heteroatoms. The van der Waals surface area contributed by atoms with Crippen molar-refractivity contribution in [1.29, 1.82) is 0 Å². The standard InChI is InChI=1S/C15H15N3OS/c1-2-18-12-7-4-3-6-11(12)17-14(18)10-16-15(19)13-8-5-9-20-13/h3-9H,2,10H2,1H3,(H,16,19). The number of para-hydroxylation sites is 2. The van der Waals surface area contributed by atoms with Gasteiger partial charge < -0.3 is 9.88 Å². The zero-order chi connectivity index (χ0) is 13.9. The summed E-state index contributed by atoms with van der Waals surface area (Å²) in [5, 5.41) is 4.82. The Morgan fingerprint density at radius 1 is 1.30 bits per heavy atom. The van der Waals surface area contributed by atoms with E-state index in [-0.39, 0.29) is 5.91 Å². The lowest BCUT2D eigenvalue weighted by molar-refractivity contribution is 0.0953. The zero-order valence-electron chi connectivity index (χ0n) is 11.2. The summed E-state index contributed by atoms with van der Waals surface area (Å²) in [5.74, 6) is 0.841. The molecule has 2 heterocycles. The van der Waals surface area contributed by atoms with Crippen LogP contribution in [0.25, 0.3) is 11.0 Å². The van der Waals surface area contributed by atoms with E-state index >= 15 is 0 Å². The molecule has 0 aliphatic rings. The van der Waals surface area contributed by atoms with Gasteiger partial charge in [0.1, 0.15) is 5.82 Å². The van der Waals surface area contributed by atoms with E-state index in [1.54, 1.807) is 0 Å². The molecule has 102 valence electrons. The van der Waals surface area contributed by atoms with Crippen molar-refractivity contribution in [2.45, 2.75) is 20.0 Å². The third-order valence-corrected chi connectivity index (χ3v) is 4.07. The van der Waals surface area contributed by atoms with Gasteiger partial charge in [0.05, 0.1) is 22.5 Å². The maximum absolute atomic E-state index is 12.0. The highest BCUT2D eigenvalue weighted by atomic mass is 32.1. The van der Waals surface area contributed by atoms with Gasteiger partial charge in [-0.2, -0.15) is 0 Å². The molecule has 1 N–H and O–H groups in total. The molecule has 3 rings (SSSR count). The second-order valence-corrected chi connectivity index (χ2v) is 5.37. The smallest absolute Gasteiger partial charge is 0.261 e. The average molecular weight is 285 g/mol. The minimum absolute atomic E-state index is 0.0466. The van der Waals surface area contributed by atoms with Crippen LogP contribution in [0, 0.1) is 0 Å². The van der Waals surface area contributed by atoms with Crippen LogP contribution in [0.4, 0.5) is 0 Å². The Kier molecular flexibility index (Phi) is 3.52. The van der Waals surface area contributed by atoms with Gasteiger partial charge in [0.25, 0.3) is 5.91 Å². The van der Waals surface area contributed by atoms with E-state index in [2.05, 4.69) is 27.9 Å². The predicted octanol–water partition coefficient (Wildman–Crippen LogP) is 3.05. The number of aromatic nitrogens is 2. The van der Waals surface area contributed by atoms with Crippen LogP contribution >= 0.6 is 11.3 Å². The van der Waals surface area contributed by atoms with E-state index in [4.69, 9.17) is 0 Å². The number of nitrogens with one attached hydrogen (secondary N) is 1. The average Bonchev–Trinajstić information content (AvgIpc) is 3.11. The van der Waals surface area contributed by atoms with Gasteiger partial charge in [-0.05, 0) is 30.5 Å².